The first-order chi connectivity index (χ1) is 7.93. The van der Waals surface area contributed by atoms with Crippen molar-refractivity contribution < 1.29 is 0 Å². The van der Waals surface area contributed by atoms with Crippen LogP contribution in [0, 0.1) is 0 Å². The molecule has 16 heavy (non-hydrogen) atoms. The Morgan fingerprint density at radius 1 is 1.25 bits per heavy atom. The lowest BCUT2D eigenvalue weighted by Gasteiger charge is -2.21. The Labute approximate surface area is 91.8 Å². The van der Waals surface area contributed by atoms with Crippen molar-refractivity contribution in [2.75, 3.05) is 10.6 Å². The van der Waals surface area contributed by atoms with Crippen LogP contribution in [0.4, 0.5) is 11.6 Å². The first-order valence-electron chi connectivity index (χ1n) is 5.15. The summed E-state index contributed by atoms with van der Waals surface area (Å²) in [4.78, 5) is 4.17. The van der Waals surface area contributed by atoms with E-state index in [4.69, 9.17) is 0 Å². The van der Waals surface area contributed by atoms with Crippen LogP contribution in [0.5, 0.6) is 0 Å². The van der Waals surface area contributed by atoms with E-state index in [1.165, 1.54) is 5.56 Å². The van der Waals surface area contributed by atoms with Gasteiger partial charge in [-0.25, -0.2) is 4.68 Å². The third kappa shape index (κ3) is 0.850. The second kappa shape index (κ2) is 2.63. The third-order valence-corrected chi connectivity index (χ3v) is 3.01. The van der Waals surface area contributed by atoms with Gasteiger partial charge >= 0.3 is 0 Å². The second-order valence-electron chi connectivity index (χ2n) is 3.89. The van der Waals surface area contributed by atoms with E-state index in [1.54, 1.807) is 6.33 Å². The predicted molar refractivity (Wildman–Crippen MR) is 59.9 cm³/mol. The quantitative estimate of drug-likeness (QED) is 0.694. The molecule has 3 heterocycles. The van der Waals surface area contributed by atoms with Gasteiger partial charge in [0.05, 0.1) is 5.70 Å². The number of anilines is 2. The molecule has 78 valence electrons. The summed E-state index contributed by atoms with van der Waals surface area (Å²) in [6.07, 6.45) is 3.55. The van der Waals surface area contributed by atoms with Crippen LogP contribution in [0.15, 0.2) is 42.5 Å². The normalized spacial score (nSPS) is 20.0. The Morgan fingerprint density at radius 3 is 3.19 bits per heavy atom. The first-order valence-corrected chi connectivity index (χ1v) is 5.15. The largest absolute Gasteiger partial charge is 0.360 e. The number of rotatable bonds is 0. The van der Waals surface area contributed by atoms with Gasteiger partial charge < -0.3 is 10.6 Å². The van der Waals surface area contributed by atoms with Gasteiger partial charge in [0, 0.05) is 17.5 Å². The summed E-state index contributed by atoms with van der Waals surface area (Å²) >= 11 is 0. The summed E-state index contributed by atoms with van der Waals surface area (Å²) in [7, 11) is 0. The zero-order chi connectivity index (χ0) is 10.5. The van der Waals surface area contributed by atoms with Crippen molar-refractivity contribution in [1.29, 1.82) is 0 Å². The van der Waals surface area contributed by atoms with Gasteiger partial charge in [-0.15, -0.1) is 0 Å². The van der Waals surface area contributed by atoms with Crippen LogP contribution >= 0.6 is 0 Å². The molecule has 0 fully saturated rings. The monoisotopic (exact) mass is 211 g/mol. The Hall–Kier alpha value is -2.30. The maximum atomic E-state index is 4.25. The van der Waals surface area contributed by atoms with Gasteiger partial charge in [-0.2, -0.15) is 10.1 Å². The first kappa shape index (κ1) is 7.92. The van der Waals surface area contributed by atoms with Crippen molar-refractivity contribution in [3.8, 4) is 0 Å². The number of para-hydroxylation sites is 1. The van der Waals surface area contributed by atoms with E-state index in [0.29, 0.717) is 0 Å². The maximum absolute atomic E-state index is 4.25. The second-order valence-corrected chi connectivity index (χ2v) is 3.89. The van der Waals surface area contributed by atoms with E-state index < -0.39 is 0 Å². The molecule has 4 rings (SSSR count). The van der Waals surface area contributed by atoms with Crippen LogP contribution < -0.4 is 10.6 Å². The Bertz CT molecular complexity index is 598. The van der Waals surface area contributed by atoms with E-state index in [2.05, 4.69) is 32.8 Å². The van der Waals surface area contributed by atoms with Crippen molar-refractivity contribution in [3.63, 3.8) is 0 Å². The molecule has 0 saturated heterocycles. The summed E-state index contributed by atoms with van der Waals surface area (Å²) in [6, 6.07) is 8.37. The van der Waals surface area contributed by atoms with E-state index in [1.807, 2.05) is 23.0 Å². The molecule has 5 heteroatoms. The average molecular weight is 211 g/mol. The lowest BCUT2D eigenvalue weighted by Crippen LogP contribution is -2.16. The summed E-state index contributed by atoms with van der Waals surface area (Å²) in [5, 5.41) is 10.8. The number of benzene rings is 1. The van der Waals surface area contributed by atoms with Crippen molar-refractivity contribution in [1.82, 2.24) is 14.8 Å². The zero-order valence-corrected chi connectivity index (χ0v) is 8.38. The summed E-state index contributed by atoms with van der Waals surface area (Å²) in [5.41, 5.74) is 3.44. The molecule has 2 aliphatic heterocycles. The Balaban J connectivity index is 1.97. The van der Waals surface area contributed by atoms with Crippen molar-refractivity contribution in [2.24, 2.45) is 0 Å². The van der Waals surface area contributed by atoms with Gasteiger partial charge in [-0.1, -0.05) is 18.2 Å². The fourth-order valence-corrected chi connectivity index (χ4v) is 2.29. The number of allylic oxidation sites excluding steroid dienone is 1. The zero-order valence-electron chi connectivity index (χ0n) is 8.38. The number of hydrogen-bond acceptors (Lipinski definition) is 4. The molecule has 1 unspecified atom stereocenters. The Kier molecular flexibility index (Phi) is 1.30. The molecule has 2 aliphatic rings. The van der Waals surface area contributed by atoms with Gasteiger partial charge in [0.1, 0.15) is 12.4 Å². The lowest BCUT2D eigenvalue weighted by molar-refractivity contribution is 0.628. The van der Waals surface area contributed by atoms with Crippen molar-refractivity contribution in [3.05, 3.63) is 48.1 Å². The molecule has 1 aromatic carbocycles. The smallest absolute Gasteiger partial charge is 0.226 e. The van der Waals surface area contributed by atoms with Crippen LogP contribution in [0.2, 0.25) is 0 Å². The number of hydrogen-bond donors (Lipinski definition) is 2. The molecule has 0 bridgehead atoms. The van der Waals surface area contributed by atoms with Gasteiger partial charge in [0.25, 0.3) is 0 Å². The molecular formula is C11H9N5. The van der Waals surface area contributed by atoms with Crippen LogP contribution in [-0.4, -0.2) is 14.8 Å². The van der Waals surface area contributed by atoms with Crippen LogP contribution in [-0.2, 0) is 0 Å². The molecule has 0 saturated carbocycles. The number of nitrogens with zero attached hydrogens (tertiary/aromatic N) is 3. The molecular weight excluding hydrogens is 202 g/mol. The number of fused-ring (bicyclic) bond motifs is 5. The number of nitrogens with one attached hydrogen (secondary N) is 2. The molecule has 0 aliphatic carbocycles. The third-order valence-electron chi connectivity index (χ3n) is 3.01. The van der Waals surface area contributed by atoms with Gasteiger partial charge in [0.2, 0.25) is 5.95 Å². The summed E-state index contributed by atoms with van der Waals surface area (Å²) in [6.45, 7) is 0. The minimum Gasteiger partial charge on any atom is -0.360 e. The minimum absolute atomic E-state index is 0.134. The summed E-state index contributed by atoms with van der Waals surface area (Å²) in [5.74, 6) is 0.801. The molecule has 0 spiro atoms. The average Bonchev–Trinajstić information content (AvgIpc) is 2.88. The lowest BCUT2D eigenvalue weighted by atomic mass is 10.0. The van der Waals surface area contributed by atoms with E-state index in [-0.39, 0.29) is 6.04 Å². The topological polar surface area (TPSA) is 54.8 Å². The fourth-order valence-electron chi connectivity index (χ4n) is 2.29. The maximum Gasteiger partial charge on any atom is 0.226 e. The molecule has 2 aromatic rings. The van der Waals surface area contributed by atoms with E-state index >= 15 is 0 Å². The standard InChI is InChI=1S/C11H9N5/c1-2-4-8-7(3-1)10-9(5-12-8)15-11-13-6-14-16(10)11/h1-6,10,12H,(H,13,14,15). The molecule has 0 amide bonds. The van der Waals surface area contributed by atoms with Gasteiger partial charge in [0.15, 0.2) is 0 Å². The summed E-state index contributed by atoms with van der Waals surface area (Å²) < 4.78 is 1.91. The van der Waals surface area contributed by atoms with E-state index in [9.17, 15) is 0 Å². The van der Waals surface area contributed by atoms with Crippen molar-refractivity contribution >= 4 is 11.6 Å². The highest BCUT2D eigenvalue weighted by molar-refractivity contribution is 5.64. The molecule has 2 N–H and O–H groups in total. The SMILES string of the molecule is C1=C2Nc3ncnn3C2c2ccccc2N1. The molecule has 1 aromatic heterocycles. The van der Waals surface area contributed by atoms with Gasteiger partial charge in [-0.05, 0) is 6.07 Å². The molecule has 1 atom stereocenters. The predicted octanol–water partition coefficient (Wildman–Crippen LogP) is 1.56. The van der Waals surface area contributed by atoms with Crippen LogP contribution in [0.3, 0.4) is 0 Å². The fraction of sp³-hybridized carbons (Fsp3) is 0.0909. The van der Waals surface area contributed by atoms with Crippen LogP contribution in [0.1, 0.15) is 11.6 Å². The van der Waals surface area contributed by atoms with E-state index in [0.717, 1.165) is 17.3 Å². The highest BCUT2D eigenvalue weighted by Gasteiger charge is 2.33. The highest BCUT2D eigenvalue weighted by atomic mass is 15.4. The number of aromatic nitrogens is 3. The highest BCUT2D eigenvalue weighted by Crippen LogP contribution is 2.40. The molecule has 0 radical (unpaired) electrons. The van der Waals surface area contributed by atoms with Crippen molar-refractivity contribution in [2.45, 2.75) is 6.04 Å². The minimum atomic E-state index is 0.134. The van der Waals surface area contributed by atoms with Gasteiger partial charge in [-0.3, -0.25) is 0 Å². The molecule has 5 nitrogen and oxygen atoms in total. The Morgan fingerprint density at radius 2 is 2.19 bits per heavy atom. The van der Waals surface area contributed by atoms with Crippen LogP contribution in [0.25, 0.3) is 0 Å².